The highest BCUT2D eigenvalue weighted by Crippen LogP contribution is 2.42. The molecule has 0 N–H and O–H groups in total. The smallest absolute Gasteiger partial charge is 0.169 e. The second kappa shape index (κ2) is 8.11. The molecule has 0 radical (unpaired) electrons. The first-order chi connectivity index (χ1) is 12.9. The van der Waals surface area contributed by atoms with Gasteiger partial charge in [0.25, 0.3) is 0 Å². The van der Waals surface area contributed by atoms with Crippen molar-refractivity contribution in [3.8, 4) is 0 Å². The highest BCUT2D eigenvalue weighted by molar-refractivity contribution is 9.09. The first kappa shape index (κ1) is 17.4. The van der Waals surface area contributed by atoms with Gasteiger partial charge in [-0.3, -0.25) is 9.89 Å². The van der Waals surface area contributed by atoms with Crippen molar-refractivity contribution in [2.45, 2.75) is 11.3 Å². The summed E-state index contributed by atoms with van der Waals surface area (Å²) in [5.74, 6) is 0. The van der Waals surface area contributed by atoms with Crippen molar-refractivity contribution >= 4 is 44.2 Å². The van der Waals surface area contributed by atoms with Crippen LogP contribution in [0.25, 0.3) is 0 Å². The predicted molar refractivity (Wildman–Crippen MR) is 117 cm³/mol. The van der Waals surface area contributed by atoms with Crippen LogP contribution in [-0.4, -0.2) is 15.7 Å². The number of nitrogens with zero attached hydrogens (tertiary/aromatic N) is 2. The first-order valence-electron chi connectivity index (χ1n) is 8.62. The van der Waals surface area contributed by atoms with Gasteiger partial charge in [-0.1, -0.05) is 94.4 Å². The lowest BCUT2D eigenvalue weighted by Crippen LogP contribution is -2.22. The summed E-state index contributed by atoms with van der Waals surface area (Å²) in [6, 6.07) is 31.6. The van der Waals surface area contributed by atoms with Crippen LogP contribution in [0, 0.1) is 0 Å². The Morgan fingerprint density at radius 1 is 0.769 bits per heavy atom. The molecule has 3 aromatic carbocycles. The fourth-order valence-corrected chi connectivity index (χ4v) is 5.04. The molecule has 1 aliphatic rings. The van der Waals surface area contributed by atoms with Crippen molar-refractivity contribution in [2.75, 3.05) is 10.2 Å². The second-order valence-corrected chi connectivity index (χ2v) is 7.94. The number of para-hydroxylation sites is 2. The minimum absolute atomic E-state index is 0.158. The molecular formula is C22H19BrN2S. The van der Waals surface area contributed by atoms with E-state index >= 15 is 0 Å². The van der Waals surface area contributed by atoms with Gasteiger partial charge in [-0.05, 0) is 29.8 Å². The van der Waals surface area contributed by atoms with Crippen molar-refractivity contribution < 1.29 is 0 Å². The normalized spacial score (nSPS) is 19.2. The van der Waals surface area contributed by atoms with E-state index < -0.39 is 0 Å². The van der Waals surface area contributed by atoms with E-state index in [4.69, 9.17) is 4.99 Å². The van der Waals surface area contributed by atoms with Gasteiger partial charge in [-0.25, -0.2) is 0 Å². The van der Waals surface area contributed by atoms with Gasteiger partial charge in [0.05, 0.1) is 6.04 Å². The van der Waals surface area contributed by atoms with Crippen molar-refractivity contribution in [1.29, 1.82) is 0 Å². The number of aliphatic imine (C=N–C) groups is 1. The topological polar surface area (TPSA) is 15.6 Å². The molecule has 130 valence electrons. The maximum absolute atomic E-state index is 5.14. The quantitative estimate of drug-likeness (QED) is 0.449. The largest absolute Gasteiger partial charge is 0.290 e. The number of thioether (sulfide) groups is 1. The van der Waals surface area contributed by atoms with E-state index in [1.165, 1.54) is 5.56 Å². The molecule has 0 unspecified atom stereocenters. The van der Waals surface area contributed by atoms with Gasteiger partial charge in [-0.2, -0.15) is 0 Å². The SMILES string of the molecule is BrC[C@H]1SC(N(c2ccccc2)c2ccccc2)=N[C@@H]1c1ccccc1. The minimum atomic E-state index is 0.158. The van der Waals surface area contributed by atoms with Crippen LogP contribution in [0.4, 0.5) is 11.4 Å². The van der Waals surface area contributed by atoms with Gasteiger partial charge >= 0.3 is 0 Å². The Labute approximate surface area is 167 Å². The van der Waals surface area contributed by atoms with Crippen LogP contribution >= 0.6 is 27.7 Å². The fraction of sp³-hybridized carbons (Fsp3) is 0.136. The average molecular weight is 423 g/mol. The second-order valence-electron chi connectivity index (χ2n) is 6.08. The third-order valence-electron chi connectivity index (χ3n) is 4.37. The Morgan fingerprint density at radius 3 is 1.77 bits per heavy atom. The zero-order valence-corrected chi connectivity index (χ0v) is 16.6. The zero-order valence-electron chi connectivity index (χ0n) is 14.2. The van der Waals surface area contributed by atoms with Crippen LogP contribution in [0.5, 0.6) is 0 Å². The molecule has 4 rings (SSSR count). The summed E-state index contributed by atoms with van der Waals surface area (Å²) in [7, 11) is 0. The summed E-state index contributed by atoms with van der Waals surface area (Å²) in [6.45, 7) is 0. The molecule has 0 saturated carbocycles. The minimum Gasteiger partial charge on any atom is -0.290 e. The molecule has 1 aliphatic heterocycles. The molecular weight excluding hydrogens is 404 g/mol. The van der Waals surface area contributed by atoms with Gasteiger partial charge in [-0.15, -0.1) is 0 Å². The molecule has 2 nitrogen and oxygen atoms in total. The van der Waals surface area contributed by atoms with Gasteiger partial charge in [0, 0.05) is 22.0 Å². The van der Waals surface area contributed by atoms with Gasteiger partial charge in [0.1, 0.15) is 0 Å². The first-order valence-corrected chi connectivity index (χ1v) is 10.6. The third-order valence-corrected chi connectivity index (χ3v) is 6.72. The van der Waals surface area contributed by atoms with Gasteiger partial charge in [0.15, 0.2) is 5.17 Å². The number of benzene rings is 3. The Kier molecular flexibility index (Phi) is 5.42. The number of amidine groups is 1. The number of anilines is 2. The van der Waals surface area contributed by atoms with Gasteiger partial charge in [0.2, 0.25) is 0 Å². The Hall–Kier alpha value is -2.04. The van der Waals surface area contributed by atoms with E-state index in [2.05, 4.69) is 99.7 Å². The molecule has 0 amide bonds. The summed E-state index contributed by atoms with van der Waals surface area (Å²) < 4.78 is 0. The van der Waals surface area contributed by atoms with Crippen LogP contribution < -0.4 is 4.90 Å². The summed E-state index contributed by atoms with van der Waals surface area (Å²) in [6.07, 6.45) is 0. The summed E-state index contributed by atoms with van der Waals surface area (Å²) in [5.41, 5.74) is 3.53. The van der Waals surface area contributed by atoms with Crippen LogP contribution in [0.1, 0.15) is 11.6 Å². The van der Waals surface area contributed by atoms with E-state index in [9.17, 15) is 0 Å². The molecule has 0 aromatic heterocycles. The van der Waals surface area contributed by atoms with E-state index in [-0.39, 0.29) is 6.04 Å². The van der Waals surface area contributed by atoms with E-state index in [1.54, 1.807) is 0 Å². The molecule has 26 heavy (non-hydrogen) atoms. The average Bonchev–Trinajstić information content (AvgIpc) is 3.14. The molecule has 0 fully saturated rings. The lowest BCUT2D eigenvalue weighted by atomic mass is 10.1. The predicted octanol–water partition coefficient (Wildman–Crippen LogP) is 6.43. The van der Waals surface area contributed by atoms with Crippen LogP contribution in [0.15, 0.2) is 96.0 Å². The number of alkyl halides is 1. The highest BCUT2D eigenvalue weighted by Gasteiger charge is 2.34. The molecule has 0 bridgehead atoms. The summed E-state index contributed by atoms with van der Waals surface area (Å²) in [5, 5.41) is 2.32. The molecule has 0 saturated heterocycles. The van der Waals surface area contributed by atoms with Crippen LogP contribution in [0.2, 0.25) is 0 Å². The maximum atomic E-state index is 5.14. The van der Waals surface area contributed by atoms with E-state index in [0.29, 0.717) is 5.25 Å². The molecule has 4 heteroatoms. The van der Waals surface area contributed by atoms with Gasteiger partial charge < -0.3 is 0 Å². The third kappa shape index (κ3) is 3.57. The zero-order chi connectivity index (χ0) is 17.8. The van der Waals surface area contributed by atoms with E-state index in [1.807, 2.05) is 23.9 Å². The van der Waals surface area contributed by atoms with Crippen molar-refractivity contribution in [3.63, 3.8) is 0 Å². The Bertz CT molecular complexity index is 829. The summed E-state index contributed by atoms with van der Waals surface area (Å²) in [4.78, 5) is 7.39. The molecule has 1 heterocycles. The monoisotopic (exact) mass is 422 g/mol. The fourth-order valence-electron chi connectivity index (χ4n) is 3.12. The summed E-state index contributed by atoms with van der Waals surface area (Å²) >= 11 is 5.53. The number of hydrogen-bond donors (Lipinski definition) is 0. The standard InChI is InChI=1S/C22H19BrN2S/c23-16-20-21(17-10-4-1-5-11-17)24-22(26-20)25(18-12-6-2-7-13-18)19-14-8-3-9-15-19/h1-15,20-21H,16H2/t20-,21-/m1/s1. The highest BCUT2D eigenvalue weighted by atomic mass is 79.9. The van der Waals surface area contributed by atoms with E-state index in [0.717, 1.165) is 21.9 Å². The van der Waals surface area contributed by atoms with Crippen molar-refractivity contribution in [1.82, 2.24) is 0 Å². The van der Waals surface area contributed by atoms with Crippen LogP contribution in [0.3, 0.4) is 0 Å². The molecule has 0 spiro atoms. The Balaban J connectivity index is 1.76. The molecule has 2 atom stereocenters. The maximum Gasteiger partial charge on any atom is 0.169 e. The number of hydrogen-bond acceptors (Lipinski definition) is 3. The molecule has 0 aliphatic carbocycles. The van der Waals surface area contributed by atoms with Crippen molar-refractivity contribution in [3.05, 3.63) is 96.6 Å². The Morgan fingerprint density at radius 2 is 1.27 bits per heavy atom. The van der Waals surface area contributed by atoms with Crippen molar-refractivity contribution in [2.24, 2.45) is 4.99 Å². The van der Waals surface area contributed by atoms with Crippen LogP contribution in [-0.2, 0) is 0 Å². The lowest BCUT2D eigenvalue weighted by molar-refractivity contribution is 0.742. The number of rotatable bonds is 4. The molecule has 3 aromatic rings. The lowest BCUT2D eigenvalue weighted by Gasteiger charge is -2.24. The number of halogens is 1.